The molecule has 0 spiro atoms. The molecule has 3 N–H and O–H groups in total. The van der Waals surface area contributed by atoms with Gasteiger partial charge in [-0.05, 0) is 19.1 Å². The van der Waals surface area contributed by atoms with Crippen molar-refractivity contribution in [2.45, 2.75) is 13.5 Å². The van der Waals surface area contributed by atoms with Crippen LogP contribution in [0.4, 0.5) is 5.69 Å². The predicted molar refractivity (Wildman–Crippen MR) is 79.7 cm³/mol. The summed E-state index contributed by atoms with van der Waals surface area (Å²) in [5, 5.41) is 4.81. The second-order valence-electron chi connectivity index (χ2n) is 5.08. The van der Waals surface area contributed by atoms with Crippen LogP contribution in [-0.4, -0.2) is 28.0 Å². The minimum absolute atomic E-state index is 0.119. The summed E-state index contributed by atoms with van der Waals surface area (Å²) in [4.78, 5) is 17.1. The standard InChI is InChI=1S/C15H16N4O2/c1-9-6-11(18-21-9)8-19(2)15(20)13-7-10-4-3-5-12(16)14(10)17-13/h3-7,17H,8,16H2,1-2H3. The number of hydrogen-bond acceptors (Lipinski definition) is 4. The van der Waals surface area contributed by atoms with Crippen molar-refractivity contribution in [1.29, 1.82) is 0 Å². The summed E-state index contributed by atoms with van der Waals surface area (Å²) in [6.45, 7) is 2.21. The maximum absolute atomic E-state index is 12.4. The first-order chi connectivity index (χ1) is 10.0. The van der Waals surface area contributed by atoms with E-state index in [0.29, 0.717) is 17.9 Å². The van der Waals surface area contributed by atoms with E-state index in [1.165, 1.54) is 0 Å². The summed E-state index contributed by atoms with van der Waals surface area (Å²) in [5.41, 5.74) is 8.53. The molecule has 21 heavy (non-hydrogen) atoms. The Morgan fingerprint density at radius 1 is 1.43 bits per heavy atom. The van der Waals surface area contributed by atoms with Crippen LogP contribution in [0.5, 0.6) is 0 Å². The largest absolute Gasteiger partial charge is 0.397 e. The third-order valence-corrected chi connectivity index (χ3v) is 3.34. The van der Waals surface area contributed by atoms with Crippen molar-refractivity contribution in [2.75, 3.05) is 12.8 Å². The van der Waals surface area contributed by atoms with Gasteiger partial charge in [-0.1, -0.05) is 17.3 Å². The van der Waals surface area contributed by atoms with E-state index in [1.807, 2.05) is 25.1 Å². The number of aromatic nitrogens is 2. The highest BCUT2D eigenvalue weighted by atomic mass is 16.5. The van der Waals surface area contributed by atoms with Crippen LogP contribution in [-0.2, 0) is 6.54 Å². The summed E-state index contributed by atoms with van der Waals surface area (Å²) in [5.74, 6) is 0.607. The van der Waals surface area contributed by atoms with Crippen molar-refractivity contribution in [2.24, 2.45) is 0 Å². The summed E-state index contributed by atoms with van der Waals surface area (Å²) in [7, 11) is 1.72. The molecule has 3 rings (SSSR count). The van der Waals surface area contributed by atoms with Crippen LogP contribution >= 0.6 is 0 Å². The van der Waals surface area contributed by atoms with Gasteiger partial charge in [-0.25, -0.2) is 0 Å². The van der Waals surface area contributed by atoms with E-state index in [2.05, 4.69) is 10.1 Å². The minimum atomic E-state index is -0.119. The molecular formula is C15H16N4O2. The number of aryl methyl sites for hydroxylation is 1. The summed E-state index contributed by atoms with van der Waals surface area (Å²) in [6.07, 6.45) is 0. The van der Waals surface area contributed by atoms with Crippen LogP contribution in [0, 0.1) is 6.92 Å². The molecule has 6 nitrogen and oxygen atoms in total. The van der Waals surface area contributed by atoms with E-state index in [4.69, 9.17) is 10.3 Å². The van der Waals surface area contributed by atoms with E-state index in [9.17, 15) is 4.79 Å². The lowest BCUT2D eigenvalue weighted by atomic mass is 10.2. The monoisotopic (exact) mass is 284 g/mol. The van der Waals surface area contributed by atoms with Gasteiger partial charge in [0.2, 0.25) is 0 Å². The lowest BCUT2D eigenvalue weighted by molar-refractivity contribution is 0.0777. The number of nitrogens with one attached hydrogen (secondary N) is 1. The van der Waals surface area contributed by atoms with Gasteiger partial charge in [0.1, 0.15) is 17.1 Å². The van der Waals surface area contributed by atoms with Crippen molar-refractivity contribution >= 4 is 22.5 Å². The topological polar surface area (TPSA) is 88.1 Å². The number of nitrogens with two attached hydrogens (primary N) is 1. The van der Waals surface area contributed by atoms with Crippen LogP contribution in [0.1, 0.15) is 21.9 Å². The average molecular weight is 284 g/mol. The molecule has 0 aliphatic rings. The molecule has 1 amide bonds. The first kappa shape index (κ1) is 13.2. The van der Waals surface area contributed by atoms with E-state index in [-0.39, 0.29) is 5.91 Å². The minimum Gasteiger partial charge on any atom is -0.397 e. The zero-order chi connectivity index (χ0) is 15.0. The van der Waals surface area contributed by atoms with Gasteiger partial charge in [-0.15, -0.1) is 0 Å². The number of benzene rings is 1. The molecule has 0 aliphatic carbocycles. The number of nitrogen functional groups attached to an aromatic ring is 1. The van der Waals surface area contributed by atoms with Gasteiger partial charge in [0.25, 0.3) is 5.91 Å². The van der Waals surface area contributed by atoms with E-state index < -0.39 is 0 Å². The lowest BCUT2D eigenvalue weighted by Crippen LogP contribution is -2.26. The normalized spacial score (nSPS) is 11.0. The summed E-state index contributed by atoms with van der Waals surface area (Å²) >= 11 is 0. The molecule has 0 saturated heterocycles. The highest BCUT2D eigenvalue weighted by Crippen LogP contribution is 2.22. The Balaban J connectivity index is 1.84. The lowest BCUT2D eigenvalue weighted by Gasteiger charge is -2.14. The number of rotatable bonds is 3. The number of hydrogen-bond donors (Lipinski definition) is 2. The highest BCUT2D eigenvalue weighted by Gasteiger charge is 2.16. The zero-order valence-corrected chi connectivity index (χ0v) is 11.9. The van der Waals surface area contributed by atoms with Crippen LogP contribution in [0.15, 0.2) is 34.9 Å². The molecule has 108 valence electrons. The Kier molecular flexibility index (Phi) is 3.13. The fourth-order valence-corrected chi connectivity index (χ4v) is 2.31. The quantitative estimate of drug-likeness (QED) is 0.722. The van der Waals surface area contributed by atoms with Crippen LogP contribution in [0.3, 0.4) is 0 Å². The maximum atomic E-state index is 12.4. The fourth-order valence-electron chi connectivity index (χ4n) is 2.31. The Morgan fingerprint density at radius 2 is 2.24 bits per heavy atom. The Bertz CT molecular complexity index is 803. The van der Waals surface area contributed by atoms with Crippen molar-refractivity contribution in [3.63, 3.8) is 0 Å². The SMILES string of the molecule is Cc1cc(CN(C)C(=O)c2cc3cccc(N)c3[nH]2)no1. The molecule has 0 fully saturated rings. The number of carbonyl (C=O) groups excluding carboxylic acids is 1. The van der Waals surface area contributed by atoms with E-state index in [0.717, 1.165) is 22.4 Å². The zero-order valence-electron chi connectivity index (χ0n) is 11.9. The predicted octanol–water partition coefficient (Wildman–Crippen LogP) is 2.32. The summed E-state index contributed by atoms with van der Waals surface area (Å²) in [6, 6.07) is 9.20. The van der Waals surface area contributed by atoms with Gasteiger partial charge in [-0.3, -0.25) is 4.79 Å². The second-order valence-corrected chi connectivity index (χ2v) is 5.08. The van der Waals surface area contributed by atoms with Crippen LogP contribution < -0.4 is 5.73 Å². The van der Waals surface area contributed by atoms with Gasteiger partial charge in [0.05, 0.1) is 17.7 Å². The number of nitrogens with zero attached hydrogens (tertiary/aromatic N) is 2. The molecule has 0 radical (unpaired) electrons. The smallest absolute Gasteiger partial charge is 0.270 e. The molecule has 1 aromatic carbocycles. The number of fused-ring (bicyclic) bond motifs is 1. The van der Waals surface area contributed by atoms with Crippen molar-refractivity contribution in [3.8, 4) is 0 Å². The van der Waals surface area contributed by atoms with E-state index >= 15 is 0 Å². The van der Waals surface area contributed by atoms with Crippen molar-refractivity contribution in [3.05, 3.63) is 47.5 Å². The van der Waals surface area contributed by atoms with Gasteiger partial charge >= 0.3 is 0 Å². The van der Waals surface area contributed by atoms with Crippen LogP contribution in [0.2, 0.25) is 0 Å². The van der Waals surface area contributed by atoms with Crippen molar-refractivity contribution in [1.82, 2.24) is 15.0 Å². The van der Waals surface area contributed by atoms with E-state index in [1.54, 1.807) is 24.1 Å². The highest BCUT2D eigenvalue weighted by molar-refractivity contribution is 6.00. The van der Waals surface area contributed by atoms with Gasteiger partial charge in [0, 0.05) is 18.5 Å². The molecule has 0 unspecified atom stereocenters. The second kappa shape index (κ2) is 4.97. The Morgan fingerprint density at radius 3 is 2.90 bits per heavy atom. The Labute approximate surface area is 121 Å². The molecule has 0 saturated carbocycles. The fraction of sp³-hybridized carbons (Fsp3) is 0.200. The van der Waals surface area contributed by atoms with Gasteiger partial charge in [-0.2, -0.15) is 0 Å². The third kappa shape index (κ3) is 2.47. The first-order valence-electron chi connectivity index (χ1n) is 6.59. The van der Waals surface area contributed by atoms with Crippen molar-refractivity contribution < 1.29 is 9.32 Å². The molecule has 6 heteroatoms. The molecule has 2 heterocycles. The number of amides is 1. The third-order valence-electron chi connectivity index (χ3n) is 3.34. The molecular weight excluding hydrogens is 268 g/mol. The van der Waals surface area contributed by atoms with Gasteiger partial charge in [0.15, 0.2) is 0 Å². The van der Waals surface area contributed by atoms with Crippen LogP contribution in [0.25, 0.3) is 10.9 Å². The van der Waals surface area contributed by atoms with Gasteiger partial charge < -0.3 is 20.1 Å². The Hall–Kier alpha value is -2.76. The molecule has 2 aromatic heterocycles. The molecule has 3 aromatic rings. The average Bonchev–Trinajstić information content (AvgIpc) is 3.05. The number of aromatic amines is 1. The number of anilines is 1. The number of H-pyrrole nitrogens is 1. The molecule has 0 atom stereocenters. The summed E-state index contributed by atoms with van der Waals surface area (Å²) < 4.78 is 5.00. The number of carbonyl (C=O) groups is 1. The molecule has 0 aliphatic heterocycles. The first-order valence-corrected chi connectivity index (χ1v) is 6.59. The molecule has 0 bridgehead atoms. The maximum Gasteiger partial charge on any atom is 0.270 e. The number of para-hydroxylation sites is 1.